The van der Waals surface area contributed by atoms with Crippen LogP contribution >= 0.6 is 0 Å². The number of nitrogens with one attached hydrogen (secondary N) is 2. The van der Waals surface area contributed by atoms with E-state index in [1.807, 2.05) is 6.07 Å². The van der Waals surface area contributed by atoms with Gasteiger partial charge < -0.3 is 10.6 Å². The van der Waals surface area contributed by atoms with Crippen LogP contribution < -0.4 is 10.6 Å². The maximum atomic E-state index is 11.6. The normalized spacial score (nSPS) is 15.0. The molecule has 0 bridgehead atoms. The Morgan fingerprint density at radius 3 is 3.18 bits per heavy atom. The van der Waals surface area contributed by atoms with Crippen LogP contribution in [-0.2, 0) is 0 Å². The zero-order valence-electron chi connectivity index (χ0n) is 9.39. The minimum absolute atomic E-state index is 0.235. The van der Waals surface area contributed by atoms with Crippen molar-refractivity contribution in [2.24, 2.45) is 0 Å². The Kier molecular flexibility index (Phi) is 3.67. The molecular formula is C10H14N6O. The van der Waals surface area contributed by atoms with Gasteiger partial charge in [-0.1, -0.05) is 5.21 Å². The molecule has 1 amide bonds. The third kappa shape index (κ3) is 2.79. The molecule has 0 unspecified atom stereocenters. The quantitative estimate of drug-likeness (QED) is 0.667. The molecule has 1 aliphatic heterocycles. The molecule has 1 aromatic heterocycles. The van der Waals surface area contributed by atoms with Crippen LogP contribution in [0.3, 0.4) is 0 Å². The summed E-state index contributed by atoms with van der Waals surface area (Å²) >= 11 is 0. The first-order valence-electron chi connectivity index (χ1n) is 5.59. The Balaban J connectivity index is 1.82. The third-order valence-corrected chi connectivity index (χ3v) is 2.63. The summed E-state index contributed by atoms with van der Waals surface area (Å²) in [4.78, 5) is 11.6. The van der Waals surface area contributed by atoms with Gasteiger partial charge >= 0.3 is 0 Å². The molecule has 2 N–H and O–H groups in total. The topological polar surface area (TPSA) is 95.6 Å². The predicted octanol–water partition coefficient (Wildman–Crippen LogP) is -0.544. The van der Waals surface area contributed by atoms with Crippen LogP contribution in [0.4, 0.5) is 0 Å². The fourth-order valence-electron chi connectivity index (χ4n) is 1.48. The molecule has 1 aromatic rings. The molecule has 1 fully saturated rings. The summed E-state index contributed by atoms with van der Waals surface area (Å²) in [5, 5.41) is 21.9. The lowest BCUT2D eigenvalue weighted by atomic mass is 10.2. The molecule has 2 rings (SSSR count). The van der Waals surface area contributed by atoms with Crippen molar-refractivity contribution in [3.63, 3.8) is 0 Å². The van der Waals surface area contributed by atoms with Gasteiger partial charge in [0, 0.05) is 26.1 Å². The minimum Gasteiger partial charge on any atom is -0.351 e. The summed E-state index contributed by atoms with van der Waals surface area (Å²) in [5.41, 5.74) is 0.328. The summed E-state index contributed by atoms with van der Waals surface area (Å²) < 4.78 is 1.71. The number of aromatic nitrogens is 3. The lowest BCUT2D eigenvalue weighted by Crippen LogP contribution is -2.43. The SMILES string of the molecule is N#CCCCNC(=O)c1cn(C2CNC2)nn1. The summed E-state index contributed by atoms with van der Waals surface area (Å²) in [6.07, 6.45) is 2.76. The van der Waals surface area contributed by atoms with Crippen LogP contribution in [-0.4, -0.2) is 40.5 Å². The Bertz CT molecular complexity index is 430. The number of nitriles is 1. The van der Waals surface area contributed by atoms with Crippen molar-refractivity contribution < 1.29 is 4.79 Å². The van der Waals surface area contributed by atoms with Crippen molar-refractivity contribution in [2.45, 2.75) is 18.9 Å². The van der Waals surface area contributed by atoms with Crippen LogP contribution in [0.15, 0.2) is 6.20 Å². The predicted molar refractivity (Wildman–Crippen MR) is 59.1 cm³/mol. The van der Waals surface area contributed by atoms with Gasteiger partial charge in [0.2, 0.25) is 0 Å². The van der Waals surface area contributed by atoms with Gasteiger partial charge in [-0.2, -0.15) is 5.26 Å². The molecule has 0 saturated carbocycles. The van der Waals surface area contributed by atoms with Gasteiger partial charge in [-0.3, -0.25) is 4.79 Å². The van der Waals surface area contributed by atoms with E-state index in [1.54, 1.807) is 10.9 Å². The van der Waals surface area contributed by atoms with Crippen LogP contribution in [0, 0.1) is 11.3 Å². The van der Waals surface area contributed by atoms with Crippen LogP contribution in [0.25, 0.3) is 0 Å². The second kappa shape index (κ2) is 5.41. The van der Waals surface area contributed by atoms with E-state index >= 15 is 0 Å². The van der Waals surface area contributed by atoms with E-state index in [4.69, 9.17) is 5.26 Å². The van der Waals surface area contributed by atoms with Crippen molar-refractivity contribution in [1.29, 1.82) is 5.26 Å². The van der Waals surface area contributed by atoms with Crippen molar-refractivity contribution in [3.05, 3.63) is 11.9 Å². The van der Waals surface area contributed by atoms with E-state index < -0.39 is 0 Å². The third-order valence-electron chi connectivity index (χ3n) is 2.63. The first kappa shape index (κ1) is 11.5. The highest BCUT2D eigenvalue weighted by atomic mass is 16.2. The molecule has 90 valence electrons. The number of unbranched alkanes of at least 4 members (excludes halogenated alkanes) is 1. The van der Waals surface area contributed by atoms with Gasteiger partial charge in [0.15, 0.2) is 5.69 Å². The van der Waals surface area contributed by atoms with Crippen molar-refractivity contribution in [1.82, 2.24) is 25.6 Å². The number of hydrogen-bond acceptors (Lipinski definition) is 5. The molecule has 0 radical (unpaired) electrons. The number of rotatable bonds is 5. The highest BCUT2D eigenvalue weighted by molar-refractivity contribution is 5.91. The molecule has 7 heteroatoms. The average molecular weight is 234 g/mol. The first-order chi connectivity index (χ1) is 8.31. The zero-order chi connectivity index (χ0) is 12.1. The van der Waals surface area contributed by atoms with Gasteiger partial charge in [-0.25, -0.2) is 4.68 Å². The van der Waals surface area contributed by atoms with Gasteiger partial charge in [-0.15, -0.1) is 5.10 Å². The molecule has 1 aliphatic rings. The number of nitrogens with zero attached hydrogens (tertiary/aromatic N) is 4. The van der Waals surface area contributed by atoms with E-state index in [-0.39, 0.29) is 5.91 Å². The van der Waals surface area contributed by atoms with Crippen LogP contribution in [0.5, 0.6) is 0 Å². The maximum absolute atomic E-state index is 11.6. The fourth-order valence-corrected chi connectivity index (χ4v) is 1.48. The standard InChI is InChI=1S/C10H14N6O/c11-3-1-2-4-13-10(17)9-7-16(15-14-9)8-5-12-6-8/h7-8,12H,1-2,4-6H2,(H,13,17). The Hall–Kier alpha value is -1.94. The summed E-state index contributed by atoms with van der Waals surface area (Å²) in [5.74, 6) is -0.235. The van der Waals surface area contributed by atoms with Crippen molar-refractivity contribution in [3.8, 4) is 6.07 Å². The lowest BCUT2D eigenvalue weighted by Gasteiger charge is -2.26. The van der Waals surface area contributed by atoms with Gasteiger partial charge in [0.25, 0.3) is 5.91 Å². The second-order valence-corrected chi connectivity index (χ2v) is 3.91. The molecule has 7 nitrogen and oxygen atoms in total. The zero-order valence-corrected chi connectivity index (χ0v) is 9.39. The van der Waals surface area contributed by atoms with Gasteiger partial charge in [-0.05, 0) is 6.42 Å². The van der Waals surface area contributed by atoms with Crippen molar-refractivity contribution in [2.75, 3.05) is 19.6 Å². The van der Waals surface area contributed by atoms with E-state index in [9.17, 15) is 4.79 Å². The average Bonchev–Trinajstić information content (AvgIpc) is 2.71. The smallest absolute Gasteiger partial charge is 0.273 e. The monoisotopic (exact) mass is 234 g/mol. The maximum Gasteiger partial charge on any atom is 0.273 e. The summed E-state index contributed by atoms with van der Waals surface area (Å²) in [7, 11) is 0. The molecule has 0 spiro atoms. The number of hydrogen-bond donors (Lipinski definition) is 2. The number of carbonyl (C=O) groups is 1. The molecule has 0 atom stereocenters. The first-order valence-corrected chi connectivity index (χ1v) is 5.59. The molecule has 0 aromatic carbocycles. The van der Waals surface area contributed by atoms with E-state index in [1.165, 1.54) is 0 Å². The van der Waals surface area contributed by atoms with Crippen LogP contribution in [0.1, 0.15) is 29.4 Å². The highest BCUT2D eigenvalue weighted by Gasteiger charge is 2.21. The Morgan fingerprint density at radius 1 is 1.71 bits per heavy atom. The largest absolute Gasteiger partial charge is 0.351 e. The summed E-state index contributed by atoms with van der Waals surface area (Å²) in [6, 6.07) is 2.33. The molecule has 17 heavy (non-hydrogen) atoms. The van der Waals surface area contributed by atoms with Gasteiger partial charge in [0.05, 0.1) is 18.3 Å². The van der Waals surface area contributed by atoms with E-state index in [2.05, 4.69) is 20.9 Å². The van der Waals surface area contributed by atoms with E-state index in [0.29, 0.717) is 31.1 Å². The Labute approximate surface area is 98.8 Å². The fraction of sp³-hybridized carbons (Fsp3) is 0.600. The molecule has 0 aliphatic carbocycles. The minimum atomic E-state index is -0.235. The number of amides is 1. The second-order valence-electron chi connectivity index (χ2n) is 3.91. The molecule has 2 heterocycles. The number of carbonyl (C=O) groups excluding carboxylic acids is 1. The summed E-state index contributed by atoms with van der Waals surface area (Å²) in [6.45, 7) is 2.23. The highest BCUT2D eigenvalue weighted by Crippen LogP contribution is 2.09. The molecular weight excluding hydrogens is 220 g/mol. The lowest BCUT2D eigenvalue weighted by molar-refractivity contribution is 0.0948. The Morgan fingerprint density at radius 2 is 2.53 bits per heavy atom. The van der Waals surface area contributed by atoms with Gasteiger partial charge in [0.1, 0.15) is 0 Å². The molecule has 1 saturated heterocycles. The van der Waals surface area contributed by atoms with Crippen LogP contribution in [0.2, 0.25) is 0 Å². The van der Waals surface area contributed by atoms with Crippen molar-refractivity contribution >= 4 is 5.91 Å². The van der Waals surface area contributed by atoms with E-state index in [0.717, 1.165) is 13.1 Å².